The molecule has 0 spiro atoms. The van der Waals surface area contributed by atoms with Gasteiger partial charge in [0.05, 0.1) is 38.4 Å². The van der Waals surface area contributed by atoms with E-state index in [9.17, 15) is 0 Å². The van der Waals surface area contributed by atoms with Crippen molar-refractivity contribution in [2.45, 2.75) is 20.4 Å². The Hall–Kier alpha value is -4.82. The van der Waals surface area contributed by atoms with E-state index in [2.05, 4.69) is 60.4 Å². The van der Waals surface area contributed by atoms with Gasteiger partial charge in [-0.25, -0.2) is 9.67 Å². The van der Waals surface area contributed by atoms with Crippen LogP contribution in [0.2, 0.25) is 0 Å². The average molecular weight is 593 g/mol. The average Bonchev–Trinajstić information content (AvgIpc) is 3.45. The highest BCUT2D eigenvalue weighted by molar-refractivity contribution is 7.07. The summed E-state index contributed by atoms with van der Waals surface area (Å²) in [6.45, 7) is 6.54. The van der Waals surface area contributed by atoms with Crippen LogP contribution in [-0.4, -0.2) is 38.3 Å². The van der Waals surface area contributed by atoms with Crippen molar-refractivity contribution < 1.29 is 14.2 Å². The van der Waals surface area contributed by atoms with E-state index in [1.807, 2.05) is 71.7 Å². The van der Waals surface area contributed by atoms with Crippen LogP contribution in [-0.2, 0) is 6.54 Å². The zero-order valence-electron chi connectivity index (χ0n) is 24.9. The van der Waals surface area contributed by atoms with Gasteiger partial charge in [0.1, 0.15) is 17.2 Å². The third-order valence-corrected chi connectivity index (χ3v) is 7.74. The van der Waals surface area contributed by atoms with E-state index in [1.54, 1.807) is 14.2 Å². The van der Waals surface area contributed by atoms with Crippen LogP contribution in [0.25, 0.3) is 11.3 Å². The fraction of sp³-hybridized carbons (Fsp3) is 0.200. The summed E-state index contributed by atoms with van der Waals surface area (Å²) < 4.78 is 18.6. The first-order valence-electron chi connectivity index (χ1n) is 14.3. The van der Waals surface area contributed by atoms with Crippen molar-refractivity contribution in [2.75, 3.05) is 32.3 Å². The van der Waals surface area contributed by atoms with Gasteiger partial charge in [-0.2, -0.15) is 5.10 Å². The van der Waals surface area contributed by atoms with Gasteiger partial charge in [-0.3, -0.25) is 0 Å². The summed E-state index contributed by atoms with van der Waals surface area (Å²) in [6.07, 6.45) is 1.86. The van der Waals surface area contributed by atoms with E-state index in [0.717, 1.165) is 51.9 Å². The molecule has 0 saturated carbocycles. The molecule has 0 atom stereocenters. The lowest BCUT2D eigenvalue weighted by Gasteiger charge is -2.23. The molecule has 43 heavy (non-hydrogen) atoms. The second kappa shape index (κ2) is 14.4. The van der Waals surface area contributed by atoms with E-state index in [0.29, 0.717) is 12.4 Å². The molecule has 220 valence electrons. The fourth-order valence-electron chi connectivity index (χ4n) is 4.66. The number of ether oxygens (including phenoxy) is 3. The standard InChI is InChI=1S/C35H36N4O3S/c1-5-38(24-27-10-8-7-9-11-27)29-16-12-26(13-17-29)23-36-39-33(32-21-20-31(40-3)22-34(32)41-4)25-43-35(39)37-28-14-18-30(19-15-28)42-6-2/h7-23,25H,5-6,24H2,1-4H3/b36-23-,37-35?. The Bertz CT molecular complexity index is 1710. The highest BCUT2D eigenvalue weighted by Gasteiger charge is 2.14. The summed E-state index contributed by atoms with van der Waals surface area (Å²) in [5.41, 5.74) is 6.00. The van der Waals surface area contributed by atoms with Gasteiger partial charge >= 0.3 is 0 Å². The van der Waals surface area contributed by atoms with Gasteiger partial charge < -0.3 is 19.1 Å². The van der Waals surface area contributed by atoms with Crippen molar-refractivity contribution in [2.24, 2.45) is 10.1 Å². The molecule has 0 unspecified atom stereocenters. The summed E-state index contributed by atoms with van der Waals surface area (Å²) >= 11 is 1.51. The first-order valence-corrected chi connectivity index (χ1v) is 15.1. The molecular formula is C35H36N4O3S. The number of nitrogens with zero attached hydrogens (tertiary/aromatic N) is 4. The van der Waals surface area contributed by atoms with Crippen LogP contribution in [0.3, 0.4) is 0 Å². The molecule has 0 aliphatic heterocycles. The van der Waals surface area contributed by atoms with Crippen LogP contribution in [0.4, 0.5) is 11.4 Å². The molecule has 5 aromatic rings. The quantitative estimate of drug-likeness (QED) is 0.139. The maximum absolute atomic E-state index is 5.72. The van der Waals surface area contributed by atoms with Gasteiger partial charge in [-0.05, 0) is 73.5 Å². The van der Waals surface area contributed by atoms with Crippen molar-refractivity contribution in [1.29, 1.82) is 0 Å². The fourth-order valence-corrected chi connectivity index (χ4v) is 5.51. The summed E-state index contributed by atoms with van der Waals surface area (Å²) in [7, 11) is 3.30. The first-order chi connectivity index (χ1) is 21.1. The smallest absolute Gasteiger partial charge is 0.211 e. The number of hydrogen-bond acceptors (Lipinski definition) is 7. The Morgan fingerprint density at radius 3 is 2.26 bits per heavy atom. The Morgan fingerprint density at radius 1 is 0.837 bits per heavy atom. The second-order valence-corrected chi connectivity index (χ2v) is 10.5. The van der Waals surface area contributed by atoms with Crippen molar-refractivity contribution in [3.63, 3.8) is 0 Å². The molecule has 0 N–H and O–H groups in total. The highest BCUT2D eigenvalue weighted by Crippen LogP contribution is 2.34. The van der Waals surface area contributed by atoms with Crippen LogP contribution >= 0.6 is 11.3 Å². The van der Waals surface area contributed by atoms with Gasteiger partial charge in [0, 0.05) is 35.8 Å². The van der Waals surface area contributed by atoms with E-state index in [-0.39, 0.29) is 0 Å². The predicted molar refractivity (Wildman–Crippen MR) is 176 cm³/mol. The zero-order chi connectivity index (χ0) is 30.0. The topological polar surface area (TPSA) is 60.6 Å². The molecule has 1 heterocycles. The normalized spacial score (nSPS) is 11.6. The lowest BCUT2D eigenvalue weighted by atomic mass is 10.1. The van der Waals surface area contributed by atoms with Crippen molar-refractivity contribution >= 4 is 28.9 Å². The summed E-state index contributed by atoms with van der Waals surface area (Å²) in [5, 5.41) is 6.96. The molecule has 5 rings (SSSR count). The molecule has 7 nitrogen and oxygen atoms in total. The minimum absolute atomic E-state index is 0.619. The zero-order valence-corrected chi connectivity index (χ0v) is 25.8. The summed E-state index contributed by atoms with van der Waals surface area (Å²) in [6, 6.07) is 32.5. The molecule has 4 aromatic carbocycles. The molecule has 0 bridgehead atoms. The number of methoxy groups -OCH3 is 2. The molecule has 1 aromatic heterocycles. The minimum atomic E-state index is 0.619. The number of hydrogen-bond donors (Lipinski definition) is 0. The second-order valence-electron chi connectivity index (χ2n) is 9.66. The maximum Gasteiger partial charge on any atom is 0.211 e. The van der Waals surface area contributed by atoms with Crippen molar-refractivity contribution in [1.82, 2.24) is 4.68 Å². The number of thiazole rings is 1. The maximum atomic E-state index is 5.72. The van der Waals surface area contributed by atoms with Crippen LogP contribution in [0.1, 0.15) is 25.0 Å². The molecule has 8 heteroatoms. The molecule has 0 radical (unpaired) electrons. The third kappa shape index (κ3) is 7.34. The largest absolute Gasteiger partial charge is 0.497 e. The monoisotopic (exact) mass is 592 g/mol. The van der Waals surface area contributed by atoms with E-state index in [1.165, 1.54) is 22.6 Å². The summed E-state index contributed by atoms with van der Waals surface area (Å²) in [5.74, 6) is 2.23. The van der Waals surface area contributed by atoms with Gasteiger partial charge in [0.2, 0.25) is 4.80 Å². The van der Waals surface area contributed by atoms with Crippen molar-refractivity contribution in [3.8, 4) is 28.5 Å². The number of aromatic nitrogens is 1. The predicted octanol–water partition coefficient (Wildman–Crippen LogP) is 7.77. The first kappa shape index (κ1) is 29.7. The van der Waals surface area contributed by atoms with Gasteiger partial charge in [-0.1, -0.05) is 42.5 Å². The van der Waals surface area contributed by atoms with Gasteiger partial charge in [0.25, 0.3) is 0 Å². The van der Waals surface area contributed by atoms with Crippen LogP contribution < -0.4 is 23.9 Å². The molecule has 0 saturated heterocycles. The minimum Gasteiger partial charge on any atom is -0.497 e. The van der Waals surface area contributed by atoms with E-state index < -0.39 is 0 Å². The molecular weight excluding hydrogens is 556 g/mol. The number of benzene rings is 4. The Labute approximate surface area is 257 Å². The lowest BCUT2D eigenvalue weighted by molar-refractivity contribution is 0.340. The Balaban J connectivity index is 1.49. The van der Waals surface area contributed by atoms with Crippen molar-refractivity contribution in [3.05, 3.63) is 118 Å². The number of anilines is 1. The lowest BCUT2D eigenvalue weighted by Crippen LogP contribution is -2.21. The molecule has 0 fully saturated rings. The van der Waals surface area contributed by atoms with Crippen LogP contribution in [0.15, 0.2) is 113 Å². The Morgan fingerprint density at radius 2 is 1.58 bits per heavy atom. The molecule has 0 aliphatic carbocycles. The molecule has 0 amide bonds. The Kier molecular flexibility index (Phi) is 9.92. The highest BCUT2D eigenvalue weighted by atomic mass is 32.1. The SMILES string of the molecule is CCOc1ccc(N=c2scc(-c3ccc(OC)cc3OC)n2/N=C\c2ccc(N(CC)Cc3ccccc3)cc2)cc1. The third-order valence-electron chi connectivity index (χ3n) is 6.92. The van der Waals surface area contributed by atoms with E-state index >= 15 is 0 Å². The van der Waals surface area contributed by atoms with Gasteiger partial charge in [-0.15, -0.1) is 11.3 Å². The molecule has 0 aliphatic rings. The van der Waals surface area contributed by atoms with Crippen LogP contribution in [0, 0.1) is 0 Å². The number of rotatable bonds is 12. The van der Waals surface area contributed by atoms with Crippen LogP contribution in [0.5, 0.6) is 17.2 Å². The van der Waals surface area contributed by atoms with E-state index in [4.69, 9.17) is 24.3 Å². The van der Waals surface area contributed by atoms with Gasteiger partial charge in [0.15, 0.2) is 0 Å². The summed E-state index contributed by atoms with van der Waals surface area (Å²) in [4.78, 5) is 8.00.